The van der Waals surface area contributed by atoms with Gasteiger partial charge in [-0.1, -0.05) is 22.7 Å². The molecule has 0 atom stereocenters. The number of thiophene rings is 1. The molecule has 11 heteroatoms. The van der Waals surface area contributed by atoms with Crippen molar-refractivity contribution in [1.82, 2.24) is 34.4 Å². The predicted molar refractivity (Wildman–Crippen MR) is 120 cm³/mol. The Labute approximate surface area is 190 Å². The maximum Gasteiger partial charge on any atom is 0.216 e. The lowest BCUT2D eigenvalue weighted by atomic mass is 10.2. The van der Waals surface area contributed by atoms with Crippen LogP contribution in [0.2, 0.25) is 0 Å². The summed E-state index contributed by atoms with van der Waals surface area (Å²) in [6.45, 7) is 2.15. The van der Waals surface area contributed by atoms with Crippen LogP contribution in [-0.2, 0) is 19.6 Å². The van der Waals surface area contributed by atoms with Crippen molar-refractivity contribution in [3.63, 3.8) is 0 Å². The summed E-state index contributed by atoms with van der Waals surface area (Å²) in [6, 6.07) is 12.5. The van der Waals surface area contributed by atoms with Gasteiger partial charge in [0, 0.05) is 43.4 Å². The highest BCUT2D eigenvalue weighted by atomic mass is 32.1. The van der Waals surface area contributed by atoms with E-state index in [4.69, 9.17) is 0 Å². The van der Waals surface area contributed by atoms with E-state index in [1.54, 1.807) is 11.0 Å². The first-order valence-corrected chi connectivity index (χ1v) is 12.0. The smallest absolute Gasteiger partial charge is 0.216 e. The lowest BCUT2D eigenvalue weighted by Crippen LogP contribution is -2.24. The third-order valence-electron chi connectivity index (χ3n) is 4.72. The molecule has 5 heterocycles. The lowest BCUT2D eigenvalue weighted by molar-refractivity contribution is 0.239. The molecule has 0 radical (unpaired) electrons. The predicted octanol–water partition coefficient (Wildman–Crippen LogP) is 4.11. The van der Waals surface area contributed by atoms with Gasteiger partial charge >= 0.3 is 0 Å². The summed E-state index contributed by atoms with van der Waals surface area (Å²) in [5.41, 5.74) is 6.86. The first-order valence-electron chi connectivity index (χ1n) is 9.35. The summed E-state index contributed by atoms with van der Waals surface area (Å²) in [5, 5.41) is 29.3. The van der Waals surface area contributed by atoms with Crippen LogP contribution in [0.1, 0.15) is 21.8 Å². The minimum atomic E-state index is 0.714. The van der Waals surface area contributed by atoms with Crippen molar-refractivity contribution in [2.45, 2.75) is 19.6 Å². The number of aromatic nitrogens is 6. The Hall–Kier alpha value is -3.17. The van der Waals surface area contributed by atoms with Gasteiger partial charge in [-0.05, 0) is 41.3 Å². The van der Waals surface area contributed by atoms with E-state index >= 15 is 0 Å². The van der Waals surface area contributed by atoms with Crippen molar-refractivity contribution in [3.8, 4) is 16.3 Å². The second-order valence-corrected chi connectivity index (χ2v) is 9.29. The molecule has 154 valence electrons. The molecule has 0 aromatic carbocycles. The second-order valence-electron chi connectivity index (χ2n) is 6.76. The fourth-order valence-electron chi connectivity index (χ4n) is 3.41. The van der Waals surface area contributed by atoms with Crippen LogP contribution in [0.3, 0.4) is 0 Å². The standard InChI is InChI=1S/C20H16N8S3/c21-8-18-7-15(12-29-18)9-26(10-16-3-1-5-27(16)19-24-22-13-30-19)11-17-4-2-6-28(17)20-25-23-14-31-20/h1-7,12-14H,9-11H2. The number of nitriles is 1. The highest BCUT2D eigenvalue weighted by molar-refractivity contribution is 7.12. The molecule has 0 spiro atoms. The van der Waals surface area contributed by atoms with E-state index in [2.05, 4.69) is 58.0 Å². The molecule has 0 aliphatic carbocycles. The average molecular weight is 465 g/mol. The van der Waals surface area contributed by atoms with Gasteiger partial charge < -0.3 is 0 Å². The summed E-state index contributed by atoms with van der Waals surface area (Å²) in [5.74, 6) is 0. The summed E-state index contributed by atoms with van der Waals surface area (Å²) in [7, 11) is 0. The summed E-state index contributed by atoms with van der Waals surface area (Å²) in [6.07, 6.45) is 4.02. The van der Waals surface area contributed by atoms with Crippen molar-refractivity contribution in [3.05, 3.63) is 81.0 Å². The van der Waals surface area contributed by atoms with Gasteiger partial charge in [0.1, 0.15) is 22.0 Å². The van der Waals surface area contributed by atoms with Gasteiger partial charge in [-0.25, -0.2) is 0 Å². The summed E-state index contributed by atoms with van der Waals surface area (Å²) in [4.78, 5) is 3.08. The maximum absolute atomic E-state index is 9.20. The highest BCUT2D eigenvalue weighted by Crippen LogP contribution is 2.22. The molecule has 0 unspecified atom stereocenters. The first-order chi connectivity index (χ1) is 15.3. The Balaban J connectivity index is 1.44. The Morgan fingerprint density at radius 3 is 1.97 bits per heavy atom. The van der Waals surface area contributed by atoms with Gasteiger partial charge in [0.2, 0.25) is 10.3 Å². The molecule has 5 aromatic rings. The number of nitrogens with zero attached hydrogens (tertiary/aromatic N) is 8. The van der Waals surface area contributed by atoms with Crippen LogP contribution < -0.4 is 0 Å². The molecule has 0 saturated carbocycles. The number of rotatable bonds is 8. The largest absolute Gasteiger partial charge is 0.294 e. The van der Waals surface area contributed by atoms with E-state index in [1.807, 2.05) is 30.6 Å². The fourth-order valence-corrected chi connectivity index (χ4v) is 5.25. The molecule has 0 aliphatic rings. The second kappa shape index (κ2) is 8.91. The van der Waals surface area contributed by atoms with Crippen LogP contribution in [0, 0.1) is 11.3 Å². The van der Waals surface area contributed by atoms with E-state index in [1.165, 1.54) is 34.0 Å². The molecule has 0 amide bonds. The average Bonchev–Trinajstić information content (AvgIpc) is 3.59. The van der Waals surface area contributed by atoms with Crippen molar-refractivity contribution < 1.29 is 0 Å². The van der Waals surface area contributed by atoms with E-state index in [9.17, 15) is 5.26 Å². The third kappa shape index (κ3) is 4.33. The lowest BCUT2D eigenvalue weighted by Gasteiger charge is -2.23. The maximum atomic E-state index is 9.20. The monoisotopic (exact) mass is 464 g/mol. The number of hydrogen-bond donors (Lipinski definition) is 0. The first kappa shape index (κ1) is 19.8. The molecule has 5 aromatic heterocycles. The van der Waals surface area contributed by atoms with Crippen LogP contribution in [0.5, 0.6) is 0 Å². The molecule has 5 rings (SSSR count). The van der Waals surface area contributed by atoms with Crippen molar-refractivity contribution in [1.29, 1.82) is 5.26 Å². The van der Waals surface area contributed by atoms with Gasteiger partial charge in [0.15, 0.2) is 0 Å². The van der Waals surface area contributed by atoms with Crippen LogP contribution in [0.15, 0.2) is 59.1 Å². The Morgan fingerprint density at radius 1 is 0.871 bits per heavy atom. The van der Waals surface area contributed by atoms with Gasteiger partial charge in [-0.2, -0.15) is 5.26 Å². The molecule has 0 aliphatic heterocycles. The van der Waals surface area contributed by atoms with Gasteiger partial charge in [-0.3, -0.25) is 14.0 Å². The topological polar surface area (TPSA) is 88.5 Å². The van der Waals surface area contributed by atoms with E-state index < -0.39 is 0 Å². The highest BCUT2D eigenvalue weighted by Gasteiger charge is 2.16. The zero-order valence-corrected chi connectivity index (χ0v) is 18.6. The normalized spacial score (nSPS) is 11.2. The van der Waals surface area contributed by atoms with Crippen LogP contribution in [0.4, 0.5) is 0 Å². The molecule has 0 N–H and O–H groups in total. The Kier molecular flexibility index (Phi) is 5.68. The van der Waals surface area contributed by atoms with Crippen molar-refractivity contribution >= 4 is 34.0 Å². The summed E-state index contributed by atoms with van der Waals surface area (Å²) >= 11 is 4.49. The Morgan fingerprint density at radius 2 is 1.48 bits per heavy atom. The van der Waals surface area contributed by atoms with Crippen LogP contribution >= 0.6 is 34.0 Å². The van der Waals surface area contributed by atoms with Gasteiger partial charge in [-0.15, -0.1) is 31.7 Å². The fraction of sp³-hybridized carbons (Fsp3) is 0.150. The zero-order chi connectivity index (χ0) is 21.0. The van der Waals surface area contributed by atoms with Crippen LogP contribution in [0.25, 0.3) is 10.3 Å². The SMILES string of the molecule is N#Cc1cc(CN(Cc2cccn2-c2nncs2)Cc2cccn2-c2nncs2)cs1. The molecule has 0 saturated heterocycles. The molecule has 0 fully saturated rings. The quantitative estimate of drug-likeness (QED) is 0.343. The van der Waals surface area contributed by atoms with Gasteiger partial charge in [0.25, 0.3) is 0 Å². The van der Waals surface area contributed by atoms with Crippen molar-refractivity contribution in [2.75, 3.05) is 0 Å². The van der Waals surface area contributed by atoms with E-state index in [-0.39, 0.29) is 0 Å². The Bertz CT molecular complexity index is 1220. The zero-order valence-electron chi connectivity index (χ0n) is 16.2. The molecule has 8 nitrogen and oxygen atoms in total. The van der Waals surface area contributed by atoms with E-state index in [0.717, 1.165) is 38.6 Å². The van der Waals surface area contributed by atoms with E-state index in [0.29, 0.717) is 13.1 Å². The minimum Gasteiger partial charge on any atom is -0.294 e. The van der Waals surface area contributed by atoms with Crippen LogP contribution in [-0.4, -0.2) is 34.4 Å². The van der Waals surface area contributed by atoms with Crippen molar-refractivity contribution in [2.24, 2.45) is 0 Å². The third-order valence-corrected chi connectivity index (χ3v) is 6.98. The molecular formula is C20H16N8S3. The molecule has 31 heavy (non-hydrogen) atoms. The molecular weight excluding hydrogens is 448 g/mol. The minimum absolute atomic E-state index is 0.714. The molecule has 0 bridgehead atoms. The summed E-state index contributed by atoms with van der Waals surface area (Å²) < 4.78 is 4.14. The van der Waals surface area contributed by atoms with Gasteiger partial charge in [0.05, 0.1) is 0 Å². The number of hydrogen-bond acceptors (Lipinski definition) is 9.